The zero-order valence-electron chi connectivity index (χ0n) is 13.8. The molecule has 0 bridgehead atoms. The molecule has 4 rings (SSSR count). The molecule has 2 aromatic rings. The minimum atomic E-state index is 0.158. The third-order valence-corrected chi connectivity index (χ3v) is 5.14. The Hall–Kier alpha value is -2.10. The second kappa shape index (κ2) is 5.52. The Kier molecular flexibility index (Phi) is 3.47. The van der Waals surface area contributed by atoms with Crippen LogP contribution in [0.25, 0.3) is 11.3 Å². The van der Waals surface area contributed by atoms with E-state index in [1.165, 1.54) is 30.4 Å². The van der Waals surface area contributed by atoms with E-state index < -0.39 is 0 Å². The first kappa shape index (κ1) is 14.5. The van der Waals surface area contributed by atoms with Crippen LogP contribution in [0.5, 0.6) is 0 Å². The molecule has 0 atom stereocenters. The highest BCUT2D eigenvalue weighted by atomic mass is 16.1. The van der Waals surface area contributed by atoms with E-state index in [4.69, 9.17) is 0 Å². The van der Waals surface area contributed by atoms with Gasteiger partial charge in [0.2, 0.25) is 5.91 Å². The van der Waals surface area contributed by atoms with Gasteiger partial charge in [-0.3, -0.25) is 9.89 Å². The van der Waals surface area contributed by atoms with Crippen molar-refractivity contribution < 1.29 is 4.79 Å². The maximum Gasteiger partial charge on any atom is 0.227 e. The summed E-state index contributed by atoms with van der Waals surface area (Å²) >= 11 is 0. The van der Waals surface area contributed by atoms with Gasteiger partial charge < -0.3 is 5.32 Å². The molecule has 1 amide bonds. The van der Waals surface area contributed by atoms with Crippen molar-refractivity contribution in [3.63, 3.8) is 0 Å². The van der Waals surface area contributed by atoms with Crippen LogP contribution in [0.3, 0.4) is 0 Å². The van der Waals surface area contributed by atoms with E-state index >= 15 is 0 Å². The largest absolute Gasteiger partial charge is 0.322 e. The van der Waals surface area contributed by atoms with Crippen molar-refractivity contribution in [1.82, 2.24) is 10.2 Å². The van der Waals surface area contributed by atoms with E-state index in [1.807, 2.05) is 0 Å². The smallest absolute Gasteiger partial charge is 0.227 e. The van der Waals surface area contributed by atoms with E-state index in [2.05, 4.69) is 47.6 Å². The van der Waals surface area contributed by atoms with Crippen molar-refractivity contribution in [2.75, 3.05) is 5.32 Å². The first-order valence-electron chi connectivity index (χ1n) is 8.60. The number of aromatic amines is 1. The Morgan fingerprint density at radius 1 is 1.22 bits per heavy atom. The third kappa shape index (κ3) is 2.67. The molecule has 0 unspecified atom stereocenters. The lowest BCUT2D eigenvalue weighted by Gasteiger charge is -2.24. The highest BCUT2D eigenvalue weighted by Gasteiger charge is 2.33. The number of aromatic nitrogens is 2. The molecule has 2 fully saturated rings. The standard InChI is InChI=1S/C19H23N3O/c1-11-6-9-15(12(2)10-11)17-18(16(21-22-17)13-7-8-13)20-19(23)14-4-3-5-14/h6,9-10,13-14H,3-5,7-8H2,1-2H3,(H,20,23)(H,21,22). The lowest BCUT2D eigenvalue weighted by atomic mass is 9.84. The van der Waals surface area contributed by atoms with Crippen LogP contribution in [0.15, 0.2) is 18.2 Å². The van der Waals surface area contributed by atoms with Gasteiger partial charge in [-0.2, -0.15) is 5.10 Å². The molecule has 0 spiro atoms. The lowest BCUT2D eigenvalue weighted by Crippen LogP contribution is -2.28. The van der Waals surface area contributed by atoms with E-state index in [0.717, 1.165) is 35.5 Å². The zero-order valence-corrected chi connectivity index (χ0v) is 13.8. The minimum Gasteiger partial charge on any atom is -0.322 e. The number of hydrogen-bond acceptors (Lipinski definition) is 2. The Labute approximate surface area is 136 Å². The SMILES string of the molecule is Cc1ccc(-c2n[nH]c(C3CC3)c2NC(=O)C2CCC2)c(C)c1. The van der Waals surface area contributed by atoms with Gasteiger partial charge in [0.15, 0.2) is 0 Å². The van der Waals surface area contributed by atoms with Gasteiger partial charge in [0.25, 0.3) is 0 Å². The number of carbonyl (C=O) groups excluding carboxylic acids is 1. The van der Waals surface area contributed by atoms with Crippen LogP contribution in [-0.2, 0) is 4.79 Å². The fourth-order valence-corrected chi connectivity index (χ4v) is 3.32. The van der Waals surface area contributed by atoms with E-state index in [-0.39, 0.29) is 11.8 Å². The second-order valence-corrected chi connectivity index (χ2v) is 7.07. The van der Waals surface area contributed by atoms with Crippen molar-refractivity contribution in [3.05, 3.63) is 35.0 Å². The van der Waals surface area contributed by atoms with Crippen molar-refractivity contribution in [2.45, 2.75) is 51.9 Å². The molecule has 4 nitrogen and oxygen atoms in total. The van der Waals surface area contributed by atoms with Crippen molar-refractivity contribution in [3.8, 4) is 11.3 Å². The number of rotatable bonds is 4. The first-order valence-corrected chi connectivity index (χ1v) is 8.60. The van der Waals surface area contributed by atoms with Crippen LogP contribution in [-0.4, -0.2) is 16.1 Å². The quantitative estimate of drug-likeness (QED) is 0.884. The van der Waals surface area contributed by atoms with Gasteiger partial charge in [-0.1, -0.05) is 30.2 Å². The second-order valence-electron chi connectivity index (χ2n) is 7.07. The molecule has 1 aromatic carbocycles. The zero-order chi connectivity index (χ0) is 16.0. The number of amides is 1. The fourth-order valence-electron chi connectivity index (χ4n) is 3.32. The van der Waals surface area contributed by atoms with E-state index in [0.29, 0.717) is 5.92 Å². The molecular formula is C19H23N3O. The van der Waals surface area contributed by atoms with Gasteiger partial charge in [-0.15, -0.1) is 0 Å². The van der Waals surface area contributed by atoms with Crippen LogP contribution >= 0.6 is 0 Å². The first-order chi connectivity index (χ1) is 11.1. The van der Waals surface area contributed by atoms with Gasteiger partial charge in [0.1, 0.15) is 5.69 Å². The molecule has 2 N–H and O–H groups in total. The molecule has 0 saturated heterocycles. The summed E-state index contributed by atoms with van der Waals surface area (Å²) in [4.78, 5) is 12.5. The Bertz CT molecular complexity index is 754. The maximum absolute atomic E-state index is 12.5. The number of nitrogens with zero attached hydrogens (tertiary/aromatic N) is 1. The van der Waals surface area contributed by atoms with Crippen molar-refractivity contribution >= 4 is 11.6 Å². The van der Waals surface area contributed by atoms with Crippen LogP contribution in [0.2, 0.25) is 0 Å². The summed E-state index contributed by atoms with van der Waals surface area (Å²) in [5, 5.41) is 10.9. The molecule has 23 heavy (non-hydrogen) atoms. The fraction of sp³-hybridized carbons (Fsp3) is 0.474. The van der Waals surface area contributed by atoms with E-state index in [1.54, 1.807) is 0 Å². The summed E-state index contributed by atoms with van der Waals surface area (Å²) < 4.78 is 0. The minimum absolute atomic E-state index is 0.158. The molecule has 0 radical (unpaired) electrons. The average Bonchev–Trinajstić information content (AvgIpc) is 3.20. The molecule has 0 aliphatic heterocycles. The summed E-state index contributed by atoms with van der Waals surface area (Å²) in [5.74, 6) is 0.869. The van der Waals surface area contributed by atoms with Crippen LogP contribution < -0.4 is 5.32 Å². The number of H-pyrrole nitrogens is 1. The maximum atomic E-state index is 12.5. The molecule has 120 valence electrons. The molecule has 1 heterocycles. The van der Waals surface area contributed by atoms with Crippen LogP contribution in [0.4, 0.5) is 5.69 Å². The van der Waals surface area contributed by atoms with Crippen molar-refractivity contribution in [2.24, 2.45) is 5.92 Å². The van der Waals surface area contributed by atoms with Crippen molar-refractivity contribution in [1.29, 1.82) is 0 Å². The van der Waals surface area contributed by atoms with Gasteiger partial charge >= 0.3 is 0 Å². The summed E-state index contributed by atoms with van der Waals surface area (Å²) in [6.07, 6.45) is 5.56. The number of aryl methyl sites for hydroxylation is 2. The predicted octanol–water partition coefficient (Wildman–Crippen LogP) is 4.31. The Morgan fingerprint density at radius 3 is 2.61 bits per heavy atom. The molecule has 1 aromatic heterocycles. The topological polar surface area (TPSA) is 57.8 Å². The van der Waals surface area contributed by atoms with Crippen LogP contribution in [0, 0.1) is 19.8 Å². The van der Waals surface area contributed by atoms with Crippen LogP contribution in [0.1, 0.15) is 54.8 Å². The molecule has 2 aliphatic rings. The third-order valence-electron chi connectivity index (χ3n) is 5.14. The van der Waals surface area contributed by atoms with Gasteiger partial charge in [0.05, 0.1) is 11.4 Å². The highest BCUT2D eigenvalue weighted by Crippen LogP contribution is 2.45. The summed E-state index contributed by atoms with van der Waals surface area (Å²) in [6.45, 7) is 4.20. The molecule has 4 heteroatoms. The van der Waals surface area contributed by atoms with Gasteiger partial charge in [-0.05, 0) is 45.1 Å². The van der Waals surface area contributed by atoms with E-state index in [9.17, 15) is 4.79 Å². The number of anilines is 1. The highest BCUT2D eigenvalue weighted by molar-refractivity contribution is 5.97. The number of hydrogen-bond donors (Lipinski definition) is 2. The van der Waals surface area contributed by atoms with Gasteiger partial charge in [0, 0.05) is 17.4 Å². The Balaban J connectivity index is 1.72. The Morgan fingerprint density at radius 2 is 2.00 bits per heavy atom. The lowest BCUT2D eigenvalue weighted by molar-refractivity contribution is -0.122. The summed E-state index contributed by atoms with van der Waals surface area (Å²) in [5.41, 5.74) is 6.44. The van der Waals surface area contributed by atoms with Gasteiger partial charge in [-0.25, -0.2) is 0 Å². The average molecular weight is 309 g/mol. The molecule has 2 aliphatic carbocycles. The molecular weight excluding hydrogens is 286 g/mol. The monoisotopic (exact) mass is 309 g/mol. The number of benzene rings is 1. The normalized spacial score (nSPS) is 17.8. The summed E-state index contributed by atoms with van der Waals surface area (Å²) in [6, 6.07) is 6.38. The number of nitrogens with one attached hydrogen (secondary N) is 2. The number of carbonyl (C=O) groups is 1. The predicted molar refractivity (Wildman–Crippen MR) is 91.4 cm³/mol. The summed E-state index contributed by atoms with van der Waals surface area (Å²) in [7, 11) is 0. The molecule has 2 saturated carbocycles.